The first-order valence-electron chi connectivity index (χ1n) is 6.19. The molecule has 0 spiro atoms. The molecule has 2 heterocycles. The van der Waals surface area contributed by atoms with E-state index in [1.807, 2.05) is 0 Å². The molecule has 1 saturated heterocycles. The predicted octanol–water partition coefficient (Wildman–Crippen LogP) is 1.86. The molecule has 1 aromatic heterocycles. The number of halogens is 4. The van der Waals surface area contributed by atoms with Crippen molar-refractivity contribution < 1.29 is 24.4 Å². The Bertz CT molecular complexity index is 744. The minimum Gasteiger partial charge on any atom is -0.388 e. The number of hydrogen-bond acceptors (Lipinski definition) is 5. The first kappa shape index (κ1) is 16.4. The van der Waals surface area contributed by atoms with Gasteiger partial charge in [-0.25, -0.2) is 9.37 Å². The van der Waals surface area contributed by atoms with E-state index in [9.17, 15) is 19.7 Å². The van der Waals surface area contributed by atoms with Gasteiger partial charge in [-0.05, 0) is 22.0 Å². The van der Waals surface area contributed by atoms with Gasteiger partial charge in [-0.1, -0.05) is 23.2 Å². The summed E-state index contributed by atoms with van der Waals surface area (Å²) in [6, 6.07) is 1.38. The second-order valence-corrected chi connectivity index (χ2v) is 6.37. The van der Waals surface area contributed by atoms with Gasteiger partial charge in [0.15, 0.2) is 16.8 Å². The number of ether oxygens (including phenoxy) is 1. The van der Waals surface area contributed by atoms with E-state index in [4.69, 9.17) is 27.9 Å². The monoisotopic (exact) mass is 414 g/mol. The number of rotatable bonds is 1. The van der Waals surface area contributed by atoms with Gasteiger partial charge in [0.2, 0.25) is 0 Å². The first-order valence-corrected chi connectivity index (χ1v) is 7.74. The lowest BCUT2D eigenvalue weighted by Crippen LogP contribution is -2.50. The summed E-state index contributed by atoms with van der Waals surface area (Å²) in [5.74, 6) is -0.797. The molecule has 0 bridgehead atoms. The topological polar surface area (TPSA) is 87.7 Å². The van der Waals surface area contributed by atoms with Gasteiger partial charge < -0.3 is 20.1 Å². The van der Waals surface area contributed by atoms with Crippen molar-refractivity contribution in [2.45, 2.75) is 24.5 Å². The molecule has 10 heteroatoms. The Morgan fingerprint density at radius 3 is 2.68 bits per heavy atom. The van der Waals surface area contributed by atoms with Gasteiger partial charge in [-0.15, -0.1) is 0 Å². The minimum absolute atomic E-state index is 0.0220. The van der Waals surface area contributed by atoms with Gasteiger partial charge >= 0.3 is 0 Å². The maximum atomic E-state index is 14.1. The van der Waals surface area contributed by atoms with E-state index in [0.29, 0.717) is 0 Å². The molecule has 0 amide bonds. The van der Waals surface area contributed by atoms with E-state index in [1.54, 1.807) is 0 Å². The van der Waals surface area contributed by atoms with E-state index < -0.39 is 30.4 Å². The number of nitrogens with zero attached hydrogens (tertiary/aromatic N) is 2. The van der Waals surface area contributed by atoms with Crippen LogP contribution in [0.25, 0.3) is 11.0 Å². The van der Waals surface area contributed by atoms with E-state index >= 15 is 0 Å². The second-order valence-electron chi connectivity index (χ2n) is 4.88. The normalized spacial score (nSPS) is 29.2. The van der Waals surface area contributed by atoms with Crippen molar-refractivity contribution in [2.75, 3.05) is 6.61 Å². The molecule has 0 aliphatic carbocycles. The smallest absolute Gasteiger partial charge is 0.180 e. The van der Waals surface area contributed by atoms with Crippen molar-refractivity contribution in [3.8, 4) is 0 Å². The molecule has 22 heavy (non-hydrogen) atoms. The summed E-state index contributed by atoms with van der Waals surface area (Å²) < 4.78 is 21.0. The standard InChI is InChI=1S/C12H10BrCl2FN2O4/c13-12-17-8-4(1-3(14)6(15)7(8)16)18(12)11-10(21)9(20)5(19)2-22-11/h1,5,9-11,19-21H,2H2/t5-,9-,10-,11-/m1/s1. The first-order chi connectivity index (χ1) is 10.3. The van der Waals surface area contributed by atoms with Crippen LogP contribution in [0.3, 0.4) is 0 Å². The minimum atomic E-state index is -1.44. The molecule has 6 nitrogen and oxygen atoms in total. The van der Waals surface area contributed by atoms with Crippen LogP contribution in [-0.4, -0.2) is 49.8 Å². The van der Waals surface area contributed by atoms with E-state index in [0.717, 1.165) is 0 Å². The van der Waals surface area contributed by atoms with Gasteiger partial charge in [0.1, 0.15) is 23.8 Å². The fourth-order valence-corrected chi connectivity index (χ4v) is 3.27. The molecular formula is C12H10BrCl2FN2O4. The molecular weight excluding hydrogens is 406 g/mol. The SMILES string of the molecule is O[C@@H]1[C@H](O)[C@H](O)CO[C@H]1n1c(Br)nc2c(F)c(Cl)c(Cl)cc21. The number of aromatic nitrogens is 2. The zero-order chi connectivity index (χ0) is 16.2. The van der Waals surface area contributed by atoms with Crippen LogP contribution in [0.5, 0.6) is 0 Å². The molecule has 1 fully saturated rings. The molecule has 120 valence electrons. The van der Waals surface area contributed by atoms with Crippen LogP contribution in [-0.2, 0) is 4.74 Å². The molecule has 2 aromatic rings. The van der Waals surface area contributed by atoms with Crippen molar-refractivity contribution in [1.29, 1.82) is 0 Å². The summed E-state index contributed by atoms with van der Waals surface area (Å²) in [5.41, 5.74) is 0.170. The Labute approximate surface area is 142 Å². The number of hydrogen-bond donors (Lipinski definition) is 3. The second kappa shape index (κ2) is 5.86. The van der Waals surface area contributed by atoms with E-state index in [-0.39, 0.29) is 32.4 Å². The van der Waals surface area contributed by atoms with Crippen LogP contribution >= 0.6 is 39.1 Å². The van der Waals surface area contributed by atoms with Crippen LogP contribution < -0.4 is 0 Å². The molecule has 0 unspecified atom stereocenters. The third kappa shape index (κ3) is 2.43. The molecule has 0 radical (unpaired) electrons. The van der Waals surface area contributed by atoms with E-state index in [1.165, 1.54) is 10.6 Å². The largest absolute Gasteiger partial charge is 0.388 e. The molecule has 4 atom stereocenters. The fourth-order valence-electron chi connectivity index (χ4n) is 2.37. The third-order valence-corrected chi connectivity index (χ3v) is 4.83. The highest BCUT2D eigenvalue weighted by atomic mass is 79.9. The lowest BCUT2D eigenvalue weighted by molar-refractivity contribution is -0.210. The van der Waals surface area contributed by atoms with Gasteiger partial charge in [-0.3, -0.25) is 4.57 Å². The zero-order valence-electron chi connectivity index (χ0n) is 10.8. The van der Waals surface area contributed by atoms with E-state index in [2.05, 4.69) is 20.9 Å². The van der Waals surface area contributed by atoms with Crippen LogP contribution in [0.4, 0.5) is 4.39 Å². The molecule has 1 aliphatic heterocycles. The number of benzene rings is 1. The summed E-state index contributed by atoms with van der Waals surface area (Å²) in [6.45, 7) is -0.196. The lowest BCUT2D eigenvalue weighted by Gasteiger charge is -2.36. The van der Waals surface area contributed by atoms with Gasteiger partial charge in [-0.2, -0.15) is 0 Å². The highest BCUT2D eigenvalue weighted by Crippen LogP contribution is 2.37. The molecule has 0 saturated carbocycles. The number of aliphatic hydroxyl groups is 3. The van der Waals surface area contributed by atoms with Gasteiger partial charge in [0.25, 0.3) is 0 Å². The summed E-state index contributed by atoms with van der Waals surface area (Å²) in [5, 5.41) is 29.1. The van der Waals surface area contributed by atoms with Crippen molar-refractivity contribution in [3.05, 3.63) is 26.7 Å². The highest BCUT2D eigenvalue weighted by Gasteiger charge is 2.40. The molecule has 3 rings (SSSR count). The Morgan fingerprint density at radius 2 is 2.00 bits per heavy atom. The van der Waals surface area contributed by atoms with Crippen LogP contribution in [0.2, 0.25) is 10.0 Å². The van der Waals surface area contributed by atoms with Crippen molar-refractivity contribution in [3.63, 3.8) is 0 Å². The quantitative estimate of drug-likeness (QED) is 0.618. The van der Waals surface area contributed by atoms with Gasteiger partial charge in [0, 0.05) is 0 Å². The maximum absolute atomic E-state index is 14.1. The predicted molar refractivity (Wildman–Crippen MR) is 80.4 cm³/mol. The van der Waals surface area contributed by atoms with Gasteiger partial charge in [0.05, 0.1) is 22.2 Å². The fraction of sp³-hybridized carbons (Fsp3) is 0.417. The van der Waals surface area contributed by atoms with Crippen LogP contribution in [0.1, 0.15) is 6.23 Å². The molecule has 1 aromatic carbocycles. The Hall–Kier alpha value is -0.480. The van der Waals surface area contributed by atoms with Crippen LogP contribution in [0, 0.1) is 5.82 Å². The average molecular weight is 416 g/mol. The Kier molecular flexibility index (Phi) is 4.36. The number of fused-ring (bicyclic) bond motifs is 1. The number of aliphatic hydroxyl groups excluding tert-OH is 3. The summed E-state index contributed by atoms with van der Waals surface area (Å²) in [7, 11) is 0. The average Bonchev–Trinajstić information content (AvgIpc) is 2.80. The number of imidazole rings is 1. The molecule has 1 aliphatic rings. The zero-order valence-corrected chi connectivity index (χ0v) is 13.8. The summed E-state index contributed by atoms with van der Waals surface area (Å²) in [4.78, 5) is 3.99. The van der Waals surface area contributed by atoms with Crippen molar-refractivity contribution >= 4 is 50.2 Å². The van der Waals surface area contributed by atoms with Crippen molar-refractivity contribution in [2.24, 2.45) is 0 Å². The molecule has 3 N–H and O–H groups in total. The van der Waals surface area contributed by atoms with Crippen LogP contribution in [0.15, 0.2) is 10.8 Å². The third-order valence-electron chi connectivity index (χ3n) is 3.51. The Balaban J connectivity index is 2.17. The van der Waals surface area contributed by atoms with Crippen molar-refractivity contribution in [1.82, 2.24) is 9.55 Å². The maximum Gasteiger partial charge on any atom is 0.180 e. The summed E-state index contributed by atoms with van der Waals surface area (Å²) >= 11 is 14.8. The summed E-state index contributed by atoms with van der Waals surface area (Å²) in [6.07, 6.45) is -5.13. The lowest BCUT2D eigenvalue weighted by atomic mass is 10.0. The highest BCUT2D eigenvalue weighted by molar-refractivity contribution is 9.10. The Morgan fingerprint density at radius 1 is 1.32 bits per heavy atom.